The molecule has 0 fully saturated rings. The smallest absolute Gasteiger partial charge is 0.177 e. The minimum atomic E-state index is -3.25. The van der Waals surface area contributed by atoms with Crippen LogP contribution in [-0.4, -0.2) is 14.7 Å². The fourth-order valence-electron chi connectivity index (χ4n) is 3.08. The summed E-state index contributed by atoms with van der Waals surface area (Å²) in [6.07, 6.45) is 4.31. The van der Waals surface area contributed by atoms with Crippen LogP contribution in [0, 0.1) is 0 Å². The first-order chi connectivity index (χ1) is 10.4. The minimum Gasteiger partial charge on any atom is -0.399 e. The van der Waals surface area contributed by atoms with Crippen LogP contribution in [0.1, 0.15) is 30.0 Å². The summed E-state index contributed by atoms with van der Waals surface area (Å²) in [6.45, 7) is 0. The summed E-state index contributed by atoms with van der Waals surface area (Å²) in [4.78, 5) is 0.345. The topological polar surface area (TPSA) is 72.2 Å². The maximum Gasteiger partial charge on any atom is 0.177 e. The molecular formula is C17H20N2O2S. The predicted molar refractivity (Wildman–Crippen MR) is 89.7 cm³/mol. The first-order valence-corrected chi connectivity index (χ1v) is 9.28. The van der Waals surface area contributed by atoms with Crippen LogP contribution in [0.25, 0.3) is 0 Å². The standard InChI is InChI=1S/C17H20N2O2S/c1-22(20,21)17-8-3-2-6-16(17)19-15-7-4-5-12-11-13(18)9-10-14(12)15/h2-3,6,8-11,15,19H,4-5,7,18H2,1H3. The van der Waals surface area contributed by atoms with Gasteiger partial charge in [0, 0.05) is 11.9 Å². The molecule has 3 rings (SSSR count). The number of hydrogen-bond acceptors (Lipinski definition) is 4. The van der Waals surface area contributed by atoms with Crippen LogP contribution in [0.4, 0.5) is 11.4 Å². The van der Waals surface area contributed by atoms with E-state index in [2.05, 4.69) is 5.32 Å². The molecule has 0 saturated carbocycles. The van der Waals surface area contributed by atoms with Crippen LogP contribution in [-0.2, 0) is 16.3 Å². The lowest BCUT2D eigenvalue weighted by Crippen LogP contribution is -2.18. The summed E-state index contributed by atoms with van der Waals surface area (Å²) >= 11 is 0. The summed E-state index contributed by atoms with van der Waals surface area (Å²) in [6, 6.07) is 13.2. The third-order valence-electron chi connectivity index (χ3n) is 4.10. The molecule has 116 valence electrons. The van der Waals surface area contributed by atoms with Crippen molar-refractivity contribution in [2.45, 2.75) is 30.2 Å². The lowest BCUT2D eigenvalue weighted by Gasteiger charge is -2.28. The Labute approximate surface area is 131 Å². The van der Waals surface area contributed by atoms with Crippen molar-refractivity contribution in [3.05, 3.63) is 53.6 Å². The van der Waals surface area contributed by atoms with Crippen molar-refractivity contribution in [3.8, 4) is 0 Å². The number of aryl methyl sites for hydroxylation is 1. The molecule has 0 bridgehead atoms. The minimum absolute atomic E-state index is 0.118. The molecule has 5 heteroatoms. The molecule has 4 nitrogen and oxygen atoms in total. The summed E-state index contributed by atoms with van der Waals surface area (Å²) < 4.78 is 23.9. The van der Waals surface area contributed by atoms with Crippen molar-refractivity contribution in [1.82, 2.24) is 0 Å². The molecule has 0 radical (unpaired) electrons. The molecule has 0 aromatic heterocycles. The maximum atomic E-state index is 11.9. The first-order valence-electron chi connectivity index (χ1n) is 7.39. The highest BCUT2D eigenvalue weighted by Crippen LogP contribution is 2.35. The van der Waals surface area contributed by atoms with Gasteiger partial charge in [-0.15, -0.1) is 0 Å². The Morgan fingerprint density at radius 3 is 2.73 bits per heavy atom. The van der Waals surface area contributed by atoms with Crippen molar-refractivity contribution in [2.24, 2.45) is 0 Å². The van der Waals surface area contributed by atoms with Gasteiger partial charge in [-0.2, -0.15) is 0 Å². The molecule has 2 aromatic carbocycles. The molecule has 22 heavy (non-hydrogen) atoms. The number of para-hydroxylation sites is 1. The molecule has 1 atom stereocenters. The average molecular weight is 316 g/mol. The van der Waals surface area contributed by atoms with Gasteiger partial charge in [0.05, 0.1) is 16.6 Å². The highest BCUT2D eigenvalue weighted by molar-refractivity contribution is 7.90. The van der Waals surface area contributed by atoms with E-state index in [1.807, 2.05) is 30.3 Å². The number of benzene rings is 2. The zero-order valence-corrected chi connectivity index (χ0v) is 13.4. The molecule has 1 aliphatic carbocycles. The number of rotatable bonds is 3. The van der Waals surface area contributed by atoms with Crippen molar-refractivity contribution < 1.29 is 8.42 Å². The Morgan fingerprint density at radius 1 is 1.18 bits per heavy atom. The lowest BCUT2D eigenvalue weighted by atomic mass is 9.87. The SMILES string of the molecule is CS(=O)(=O)c1ccccc1NC1CCCc2cc(N)ccc21. The van der Waals surface area contributed by atoms with Gasteiger partial charge < -0.3 is 11.1 Å². The number of nitrogens with one attached hydrogen (secondary N) is 1. The number of nitrogens with two attached hydrogens (primary N) is 1. The van der Waals surface area contributed by atoms with Crippen LogP contribution in [0.5, 0.6) is 0 Å². The molecule has 2 aromatic rings. The van der Waals surface area contributed by atoms with Crippen molar-refractivity contribution >= 4 is 21.2 Å². The Kier molecular flexibility index (Phi) is 3.83. The van der Waals surface area contributed by atoms with Gasteiger partial charge in [-0.3, -0.25) is 0 Å². The maximum absolute atomic E-state index is 11.9. The largest absolute Gasteiger partial charge is 0.399 e. The molecule has 0 spiro atoms. The van der Waals surface area contributed by atoms with E-state index in [-0.39, 0.29) is 6.04 Å². The number of hydrogen-bond donors (Lipinski definition) is 2. The van der Waals surface area contributed by atoms with Gasteiger partial charge in [0.15, 0.2) is 9.84 Å². The van der Waals surface area contributed by atoms with E-state index in [4.69, 9.17) is 5.73 Å². The summed E-state index contributed by atoms with van der Waals surface area (Å²) in [7, 11) is -3.25. The van der Waals surface area contributed by atoms with E-state index >= 15 is 0 Å². The van der Waals surface area contributed by atoms with Crippen molar-refractivity contribution in [3.63, 3.8) is 0 Å². The van der Waals surface area contributed by atoms with Crippen LogP contribution in [0.2, 0.25) is 0 Å². The number of fused-ring (bicyclic) bond motifs is 1. The second-order valence-corrected chi connectivity index (χ2v) is 7.80. The third-order valence-corrected chi connectivity index (χ3v) is 5.25. The van der Waals surface area contributed by atoms with Crippen LogP contribution in [0.15, 0.2) is 47.4 Å². The summed E-state index contributed by atoms with van der Waals surface area (Å²) in [5, 5.41) is 3.41. The number of anilines is 2. The van der Waals surface area contributed by atoms with Crippen molar-refractivity contribution in [2.75, 3.05) is 17.3 Å². The van der Waals surface area contributed by atoms with Gasteiger partial charge in [-0.05, 0) is 54.7 Å². The highest BCUT2D eigenvalue weighted by atomic mass is 32.2. The average Bonchev–Trinajstić information content (AvgIpc) is 2.46. The molecular weight excluding hydrogens is 296 g/mol. The fourth-order valence-corrected chi connectivity index (χ4v) is 3.93. The Bertz CT molecular complexity index is 800. The Hall–Kier alpha value is -2.01. The van der Waals surface area contributed by atoms with E-state index < -0.39 is 9.84 Å². The predicted octanol–water partition coefficient (Wildman–Crippen LogP) is 3.16. The number of sulfone groups is 1. The van der Waals surface area contributed by atoms with Gasteiger partial charge in [-0.25, -0.2) is 8.42 Å². The van der Waals surface area contributed by atoms with E-state index in [1.54, 1.807) is 12.1 Å². The quantitative estimate of drug-likeness (QED) is 0.853. The summed E-state index contributed by atoms with van der Waals surface area (Å²) in [5.74, 6) is 0. The molecule has 3 N–H and O–H groups in total. The van der Waals surface area contributed by atoms with Crippen LogP contribution in [0.3, 0.4) is 0 Å². The zero-order chi connectivity index (χ0) is 15.7. The molecule has 1 aliphatic rings. The third kappa shape index (κ3) is 2.95. The van der Waals surface area contributed by atoms with Gasteiger partial charge in [0.25, 0.3) is 0 Å². The van der Waals surface area contributed by atoms with Gasteiger partial charge in [0.2, 0.25) is 0 Å². The Morgan fingerprint density at radius 2 is 1.95 bits per heavy atom. The molecule has 0 saturated heterocycles. The van der Waals surface area contributed by atoms with Crippen LogP contribution >= 0.6 is 0 Å². The van der Waals surface area contributed by atoms with E-state index in [0.717, 1.165) is 24.9 Å². The molecule has 1 unspecified atom stereocenters. The zero-order valence-electron chi connectivity index (χ0n) is 12.5. The van der Waals surface area contributed by atoms with Gasteiger partial charge >= 0.3 is 0 Å². The van der Waals surface area contributed by atoms with Crippen LogP contribution < -0.4 is 11.1 Å². The van der Waals surface area contributed by atoms with Gasteiger partial charge in [-0.1, -0.05) is 18.2 Å². The van der Waals surface area contributed by atoms with E-state index in [1.165, 1.54) is 17.4 Å². The second kappa shape index (κ2) is 5.65. The normalized spacial score (nSPS) is 17.8. The lowest BCUT2D eigenvalue weighted by molar-refractivity contribution is 0.594. The summed E-state index contributed by atoms with van der Waals surface area (Å²) in [5.41, 5.74) is 9.76. The van der Waals surface area contributed by atoms with Gasteiger partial charge in [0.1, 0.15) is 0 Å². The second-order valence-electron chi connectivity index (χ2n) is 5.82. The monoisotopic (exact) mass is 316 g/mol. The highest BCUT2D eigenvalue weighted by Gasteiger charge is 2.22. The van der Waals surface area contributed by atoms with Crippen molar-refractivity contribution in [1.29, 1.82) is 0 Å². The molecule has 0 aliphatic heterocycles. The molecule has 0 heterocycles. The van der Waals surface area contributed by atoms with E-state index in [9.17, 15) is 8.42 Å². The molecule has 0 amide bonds. The fraction of sp³-hybridized carbons (Fsp3) is 0.294. The van der Waals surface area contributed by atoms with E-state index in [0.29, 0.717) is 10.6 Å². The number of nitrogen functional groups attached to an aromatic ring is 1. The Balaban J connectivity index is 1.96. The first kappa shape index (κ1) is 14.9.